The van der Waals surface area contributed by atoms with Crippen molar-refractivity contribution in [3.8, 4) is 0 Å². The molecule has 1 atom stereocenters. The Bertz CT molecular complexity index is 541. The van der Waals surface area contributed by atoms with Crippen LogP contribution in [-0.4, -0.2) is 34.7 Å². The first-order valence-corrected chi connectivity index (χ1v) is 6.94. The van der Waals surface area contributed by atoms with Crippen LogP contribution in [0, 0.1) is 0 Å². The lowest BCUT2D eigenvalue weighted by molar-refractivity contribution is 0.193. The van der Waals surface area contributed by atoms with Crippen LogP contribution in [0.5, 0.6) is 0 Å². The van der Waals surface area contributed by atoms with Crippen LogP contribution in [0.1, 0.15) is 23.6 Å². The van der Waals surface area contributed by atoms with E-state index in [1.807, 2.05) is 18.3 Å². The van der Waals surface area contributed by atoms with E-state index in [9.17, 15) is 0 Å². The number of ether oxygens (including phenoxy) is 1. The fourth-order valence-electron chi connectivity index (χ4n) is 2.34. The number of rotatable bonds is 5. The molecule has 1 saturated heterocycles. The predicted molar refractivity (Wildman–Crippen MR) is 76.6 cm³/mol. The summed E-state index contributed by atoms with van der Waals surface area (Å²) in [6, 6.07) is 6.07. The number of nitrogens with zero attached hydrogens (tertiary/aromatic N) is 3. The smallest absolute Gasteiger partial charge is 0.129 e. The SMILES string of the molecule is c1cncc(CCNc2cc([C@H]3CCOC3)ncn2)c1. The van der Waals surface area contributed by atoms with Crippen molar-refractivity contribution in [1.29, 1.82) is 0 Å². The molecule has 5 nitrogen and oxygen atoms in total. The summed E-state index contributed by atoms with van der Waals surface area (Å²) >= 11 is 0. The summed E-state index contributed by atoms with van der Waals surface area (Å²) < 4.78 is 5.40. The highest BCUT2D eigenvalue weighted by atomic mass is 16.5. The van der Waals surface area contributed by atoms with Gasteiger partial charge in [0.05, 0.1) is 12.3 Å². The van der Waals surface area contributed by atoms with Gasteiger partial charge in [0, 0.05) is 37.5 Å². The minimum absolute atomic E-state index is 0.414. The molecule has 0 radical (unpaired) electrons. The minimum atomic E-state index is 0.414. The van der Waals surface area contributed by atoms with E-state index in [0.717, 1.165) is 44.1 Å². The van der Waals surface area contributed by atoms with Gasteiger partial charge in [-0.05, 0) is 24.5 Å². The Morgan fingerprint density at radius 2 is 2.35 bits per heavy atom. The summed E-state index contributed by atoms with van der Waals surface area (Å²) in [6.45, 7) is 2.44. The maximum Gasteiger partial charge on any atom is 0.129 e. The molecule has 5 heteroatoms. The molecule has 0 bridgehead atoms. The van der Waals surface area contributed by atoms with Crippen LogP contribution in [-0.2, 0) is 11.2 Å². The third-order valence-electron chi connectivity index (χ3n) is 3.48. The zero-order valence-electron chi connectivity index (χ0n) is 11.3. The summed E-state index contributed by atoms with van der Waals surface area (Å²) in [4.78, 5) is 12.7. The first-order chi connectivity index (χ1) is 9.92. The van der Waals surface area contributed by atoms with E-state index in [2.05, 4.69) is 26.3 Å². The largest absolute Gasteiger partial charge is 0.381 e. The van der Waals surface area contributed by atoms with Gasteiger partial charge in [0.15, 0.2) is 0 Å². The van der Waals surface area contributed by atoms with E-state index in [0.29, 0.717) is 5.92 Å². The Morgan fingerprint density at radius 3 is 3.15 bits per heavy atom. The highest BCUT2D eigenvalue weighted by molar-refractivity contribution is 5.36. The number of hydrogen-bond acceptors (Lipinski definition) is 5. The second kappa shape index (κ2) is 6.43. The molecule has 0 spiro atoms. The zero-order valence-corrected chi connectivity index (χ0v) is 11.3. The number of nitrogens with one attached hydrogen (secondary N) is 1. The van der Waals surface area contributed by atoms with E-state index in [-0.39, 0.29) is 0 Å². The van der Waals surface area contributed by atoms with Gasteiger partial charge in [-0.15, -0.1) is 0 Å². The van der Waals surface area contributed by atoms with Crippen molar-refractivity contribution in [3.05, 3.63) is 48.2 Å². The monoisotopic (exact) mass is 270 g/mol. The van der Waals surface area contributed by atoms with Crippen molar-refractivity contribution >= 4 is 5.82 Å². The lowest BCUT2D eigenvalue weighted by atomic mass is 10.1. The molecule has 0 saturated carbocycles. The second-order valence-corrected chi connectivity index (χ2v) is 4.93. The summed E-state index contributed by atoms with van der Waals surface area (Å²) in [6.07, 6.45) is 7.28. The van der Waals surface area contributed by atoms with Crippen LogP contribution < -0.4 is 5.32 Å². The van der Waals surface area contributed by atoms with Crippen molar-refractivity contribution in [3.63, 3.8) is 0 Å². The molecule has 0 unspecified atom stereocenters. The minimum Gasteiger partial charge on any atom is -0.381 e. The van der Waals surface area contributed by atoms with E-state index >= 15 is 0 Å². The summed E-state index contributed by atoms with van der Waals surface area (Å²) in [5, 5.41) is 3.34. The Balaban J connectivity index is 1.56. The van der Waals surface area contributed by atoms with Gasteiger partial charge >= 0.3 is 0 Å². The molecule has 0 aliphatic carbocycles. The number of aromatic nitrogens is 3. The molecule has 1 fully saturated rings. The molecule has 104 valence electrons. The third-order valence-corrected chi connectivity index (χ3v) is 3.48. The average Bonchev–Trinajstić information content (AvgIpc) is 3.03. The van der Waals surface area contributed by atoms with Crippen molar-refractivity contribution in [2.45, 2.75) is 18.8 Å². The molecule has 1 aliphatic rings. The van der Waals surface area contributed by atoms with Gasteiger partial charge in [-0.2, -0.15) is 0 Å². The van der Waals surface area contributed by atoms with Crippen molar-refractivity contribution in [1.82, 2.24) is 15.0 Å². The first kappa shape index (κ1) is 13.0. The molecule has 0 amide bonds. The molecule has 2 aromatic heterocycles. The van der Waals surface area contributed by atoms with Crippen LogP contribution in [0.15, 0.2) is 36.9 Å². The van der Waals surface area contributed by atoms with Gasteiger partial charge in [0.25, 0.3) is 0 Å². The van der Waals surface area contributed by atoms with E-state index < -0.39 is 0 Å². The Morgan fingerprint density at radius 1 is 1.35 bits per heavy atom. The molecule has 1 N–H and O–H groups in total. The van der Waals surface area contributed by atoms with Gasteiger partial charge in [0.1, 0.15) is 12.1 Å². The normalized spacial score (nSPS) is 18.1. The molecule has 0 aromatic carbocycles. The highest BCUT2D eigenvalue weighted by Gasteiger charge is 2.19. The van der Waals surface area contributed by atoms with Crippen LogP contribution in [0.25, 0.3) is 0 Å². The maximum absolute atomic E-state index is 5.40. The molecule has 3 heterocycles. The lowest BCUT2D eigenvalue weighted by Gasteiger charge is -2.09. The molecule has 3 rings (SSSR count). The fourth-order valence-corrected chi connectivity index (χ4v) is 2.34. The number of anilines is 1. The number of hydrogen-bond donors (Lipinski definition) is 1. The summed E-state index contributed by atoms with van der Waals surface area (Å²) in [5.41, 5.74) is 2.29. The molecular weight excluding hydrogens is 252 g/mol. The molecule has 1 aliphatic heterocycles. The standard InChI is InChI=1S/C15H18N4O/c1-2-12(9-16-5-1)3-6-17-15-8-14(18-11-19-15)13-4-7-20-10-13/h1-2,5,8-9,11,13H,3-4,6-7,10H2,(H,17,18,19)/t13-/m0/s1. The molecular formula is C15H18N4O. The van der Waals surface area contributed by atoms with E-state index in [4.69, 9.17) is 4.74 Å². The lowest BCUT2D eigenvalue weighted by Crippen LogP contribution is -2.08. The van der Waals surface area contributed by atoms with E-state index in [1.165, 1.54) is 5.56 Å². The van der Waals surface area contributed by atoms with Crippen LogP contribution in [0.3, 0.4) is 0 Å². The maximum atomic E-state index is 5.40. The van der Waals surface area contributed by atoms with Gasteiger partial charge in [-0.3, -0.25) is 4.98 Å². The molecule has 20 heavy (non-hydrogen) atoms. The van der Waals surface area contributed by atoms with Gasteiger partial charge in [-0.25, -0.2) is 9.97 Å². The quantitative estimate of drug-likeness (QED) is 0.900. The Kier molecular flexibility index (Phi) is 4.18. The van der Waals surface area contributed by atoms with Crippen molar-refractivity contribution < 1.29 is 4.74 Å². The second-order valence-electron chi connectivity index (χ2n) is 4.93. The van der Waals surface area contributed by atoms with Crippen LogP contribution >= 0.6 is 0 Å². The van der Waals surface area contributed by atoms with Crippen molar-refractivity contribution in [2.75, 3.05) is 25.1 Å². The first-order valence-electron chi connectivity index (χ1n) is 6.94. The van der Waals surface area contributed by atoms with E-state index in [1.54, 1.807) is 12.5 Å². The third kappa shape index (κ3) is 3.30. The highest BCUT2D eigenvalue weighted by Crippen LogP contribution is 2.24. The number of pyridine rings is 1. The van der Waals surface area contributed by atoms with Gasteiger partial charge in [-0.1, -0.05) is 6.07 Å². The summed E-state index contributed by atoms with van der Waals surface area (Å²) in [5.74, 6) is 1.29. The topological polar surface area (TPSA) is 59.9 Å². The zero-order chi connectivity index (χ0) is 13.6. The summed E-state index contributed by atoms with van der Waals surface area (Å²) in [7, 11) is 0. The van der Waals surface area contributed by atoms with Gasteiger partial charge in [0.2, 0.25) is 0 Å². The average molecular weight is 270 g/mol. The fraction of sp³-hybridized carbons (Fsp3) is 0.400. The Hall–Kier alpha value is -2.01. The van der Waals surface area contributed by atoms with Gasteiger partial charge < -0.3 is 10.1 Å². The predicted octanol–water partition coefficient (Wildman–Crippen LogP) is 2.03. The van der Waals surface area contributed by atoms with Crippen LogP contribution in [0.4, 0.5) is 5.82 Å². The van der Waals surface area contributed by atoms with Crippen molar-refractivity contribution in [2.24, 2.45) is 0 Å². The molecule has 2 aromatic rings. The Labute approximate surface area is 118 Å². The van der Waals surface area contributed by atoms with Crippen LogP contribution in [0.2, 0.25) is 0 Å².